The number of halogens is 6. The molecule has 0 spiro atoms. The summed E-state index contributed by atoms with van der Waals surface area (Å²) in [5, 5.41) is 29.7. The number of aliphatic carboxylic acids is 2. The molecule has 2 N–H and O–H groups in total. The Morgan fingerprint density at radius 2 is 1.03 bits per heavy atom. The maximum Gasteiger partial charge on any atom is 0.430 e. The zero-order valence-corrected chi connectivity index (χ0v) is 20.0. The fraction of sp³-hybridized carbons (Fsp3) is 0.200. The minimum Gasteiger partial charge on any atom is -0.479 e. The van der Waals surface area contributed by atoms with E-state index in [2.05, 4.69) is 30.4 Å². The first kappa shape index (κ1) is 29.4. The van der Waals surface area contributed by atoms with Crippen LogP contribution in [0.25, 0.3) is 11.4 Å². The van der Waals surface area contributed by atoms with E-state index in [0.29, 0.717) is 12.2 Å². The zero-order valence-electron chi connectivity index (χ0n) is 17.8. The molecule has 198 valence electrons. The molecule has 0 saturated carbocycles. The van der Waals surface area contributed by atoms with Gasteiger partial charge in [0.1, 0.15) is 11.4 Å². The second kappa shape index (κ2) is 10.7. The van der Waals surface area contributed by atoms with Crippen molar-refractivity contribution in [3.63, 3.8) is 0 Å². The average molecular weight is 709 g/mol. The Morgan fingerprint density at radius 3 is 1.24 bits per heavy atom. The first-order valence-corrected chi connectivity index (χ1v) is 9.48. The average Bonchev–Trinajstić information content (AvgIpc) is 3.47. The number of rotatable bonds is 4. The van der Waals surface area contributed by atoms with E-state index in [1.54, 1.807) is 24.3 Å². The van der Waals surface area contributed by atoms with E-state index < -0.39 is 35.4 Å². The molecule has 37 heavy (non-hydrogen) atoms. The van der Waals surface area contributed by atoms with Crippen molar-refractivity contribution in [1.82, 2.24) is 9.97 Å². The Balaban J connectivity index is 0.000000253. The third-order valence-corrected chi connectivity index (χ3v) is 4.69. The third-order valence-electron chi connectivity index (χ3n) is 4.69. The van der Waals surface area contributed by atoms with Gasteiger partial charge in [-0.2, -0.15) is 46.8 Å². The summed E-state index contributed by atoms with van der Waals surface area (Å²) in [5.41, 5.74) is -6.80. The van der Waals surface area contributed by atoms with Gasteiger partial charge in [0.05, 0.1) is 11.4 Å². The van der Waals surface area contributed by atoms with Gasteiger partial charge in [-0.3, -0.25) is 9.97 Å². The number of nitrogens with zero attached hydrogens (tertiary/aromatic N) is 6. The Labute approximate surface area is 216 Å². The Hall–Kier alpha value is -3.81. The van der Waals surface area contributed by atoms with Crippen molar-refractivity contribution >= 4 is 23.3 Å². The third kappa shape index (κ3) is 5.63. The van der Waals surface area contributed by atoms with Crippen LogP contribution >= 0.6 is 0 Å². The molecule has 10 nitrogen and oxygen atoms in total. The van der Waals surface area contributed by atoms with Crippen LogP contribution < -0.4 is 0 Å². The van der Waals surface area contributed by atoms with E-state index >= 15 is 0 Å². The zero-order chi connectivity index (χ0) is 26.8. The van der Waals surface area contributed by atoms with Gasteiger partial charge in [0.25, 0.3) is 11.1 Å². The molecule has 0 radical (unpaired) electrons. The molecule has 4 heterocycles. The molecule has 2 aromatic rings. The van der Waals surface area contributed by atoms with E-state index in [9.17, 15) is 35.9 Å². The van der Waals surface area contributed by atoms with Gasteiger partial charge in [0, 0.05) is 33.5 Å². The number of pyridine rings is 2. The minimum absolute atomic E-state index is 0. The largest absolute Gasteiger partial charge is 0.479 e. The van der Waals surface area contributed by atoms with Gasteiger partial charge in [-0.05, 0) is 36.4 Å². The Morgan fingerprint density at radius 1 is 0.676 bits per heavy atom. The SMILES string of the molecule is O=C(O)C1(C(F)(F)F)C=C(c2ccccn2)N=N1.O=C(O)C1(C(F)(F)F)C=C(c2ccccn2)N=N1.[Pt]. The van der Waals surface area contributed by atoms with Gasteiger partial charge in [0.15, 0.2) is 0 Å². The van der Waals surface area contributed by atoms with Crippen molar-refractivity contribution < 1.29 is 67.2 Å². The summed E-state index contributed by atoms with van der Waals surface area (Å²) in [7, 11) is 0. The van der Waals surface area contributed by atoms with Crippen LogP contribution in [-0.4, -0.2) is 55.6 Å². The van der Waals surface area contributed by atoms with Crippen molar-refractivity contribution in [2.75, 3.05) is 0 Å². The molecule has 0 aliphatic carbocycles. The van der Waals surface area contributed by atoms with Crippen LogP contribution in [0.15, 0.2) is 81.4 Å². The van der Waals surface area contributed by atoms with Crippen LogP contribution in [0.2, 0.25) is 0 Å². The van der Waals surface area contributed by atoms with Crippen molar-refractivity contribution in [2.24, 2.45) is 20.5 Å². The van der Waals surface area contributed by atoms with E-state index in [-0.39, 0.29) is 43.8 Å². The van der Waals surface area contributed by atoms with E-state index in [0.717, 1.165) is 0 Å². The number of carbonyl (C=O) groups is 2. The van der Waals surface area contributed by atoms with Crippen molar-refractivity contribution in [3.05, 3.63) is 72.3 Å². The summed E-state index contributed by atoms with van der Waals surface area (Å²) in [6.07, 6.45) is -6.48. The molecule has 0 aromatic carbocycles. The molecule has 17 heteroatoms. The number of carboxylic acid groups (broad SMARTS) is 2. The van der Waals surface area contributed by atoms with Crippen molar-refractivity contribution in [3.8, 4) is 0 Å². The monoisotopic (exact) mass is 709 g/mol. The van der Waals surface area contributed by atoms with Crippen LogP contribution in [0.1, 0.15) is 11.4 Å². The molecule has 4 rings (SSSR count). The molecule has 0 saturated heterocycles. The summed E-state index contributed by atoms with van der Waals surface area (Å²) in [6.45, 7) is 0. The predicted octanol–water partition coefficient (Wildman–Crippen LogP) is 4.55. The van der Waals surface area contributed by atoms with Crippen LogP contribution in [-0.2, 0) is 30.7 Å². The maximum absolute atomic E-state index is 12.8. The van der Waals surface area contributed by atoms with Crippen LogP contribution in [0.3, 0.4) is 0 Å². The van der Waals surface area contributed by atoms with Gasteiger partial charge >= 0.3 is 24.3 Å². The second-order valence-corrected chi connectivity index (χ2v) is 7.03. The first-order valence-electron chi connectivity index (χ1n) is 9.48. The molecule has 2 unspecified atom stereocenters. The van der Waals surface area contributed by atoms with Crippen molar-refractivity contribution in [2.45, 2.75) is 23.4 Å². The fourth-order valence-corrected chi connectivity index (χ4v) is 2.78. The predicted molar refractivity (Wildman–Crippen MR) is 107 cm³/mol. The van der Waals surface area contributed by atoms with Gasteiger partial charge in [-0.1, -0.05) is 12.1 Å². The minimum atomic E-state index is -5.06. The van der Waals surface area contributed by atoms with E-state index in [4.69, 9.17) is 10.2 Å². The summed E-state index contributed by atoms with van der Waals surface area (Å²) < 4.78 is 76.5. The van der Waals surface area contributed by atoms with Crippen molar-refractivity contribution in [1.29, 1.82) is 0 Å². The number of aromatic nitrogens is 2. The van der Waals surface area contributed by atoms with E-state index in [1.807, 2.05) is 0 Å². The molecule has 2 atom stereocenters. The topological polar surface area (TPSA) is 150 Å². The summed E-state index contributed by atoms with van der Waals surface area (Å²) in [6, 6.07) is 9.08. The van der Waals surface area contributed by atoms with Gasteiger partial charge in [-0.15, -0.1) is 0 Å². The second-order valence-electron chi connectivity index (χ2n) is 7.03. The number of carboxylic acids is 2. The molecule has 2 aliphatic rings. The van der Waals surface area contributed by atoms with Crippen LogP contribution in [0.4, 0.5) is 26.3 Å². The summed E-state index contributed by atoms with van der Waals surface area (Å²) >= 11 is 0. The molecule has 0 bridgehead atoms. The molecule has 0 fully saturated rings. The van der Waals surface area contributed by atoms with Gasteiger partial charge in [-0.25, -0.2) is 9.59 Å². The number of alkyl halides is 6. The smallest absolute Gasteiger partial charge is 0.430 e. The van der Waals surface area contributed by atoms with Crippen LogP contribution in [0, 0.1) is 0 Å². The van der Waals surface area contributed by atoms with Gasteiger partial charge in [0.2, 0.25) is 0 Å². The summed E-state index contributed by atoms with van der Waals surface area (Å²) in [4.78, 5) is 29.2. The molecule has 2 aliphatic heterocycles. The normalized spacial score (nSPS) is 22.3. The maximum atomic E-state index is 12.8. The fourth-order valence-electron chi connectivity index (χ4n) is 2.78. The Bertz CT molecular complexity index is 1180. The molecular formula is C20H12F6N6O4Pt. The first-order chi connectivity index (χ1) is 16.7. The Kier molecular flexibility index (Phi) is 8.48. The molecule has 2 aromatic heterocycles. The molecule has 0 amide bonds. The van der Waals surface area contributed by atoms with E-state index in [1.165, 1.54) is 24.5 Å². The number of hydrogen-bond acceptors (Lipinski definition) is 8. The number of hydrogen-bond donors (Lipinski definition) is 2. The quantitative estimate of drug-likeness (QED) is 0.446. The molecular weight excluding hydrogens is 697 g/mol. The summed E-state index contributed by atoms with van der Waals surface area (Å²) in [5.74, 6) is -4.24. The number of azo groups is 2. The van der Waals surface area contributed by atoms with Crippen LogP contribution in [0.5, 0.6) is 0 Å². The standard InChI is InChI=1S/2C10H6F3N3O2.Pt/c2*11-10(12,13)9(8(17)18)5-7(15-16-9)6-3-1-2-4-14-6;/h2*1-5H,(H,17,18);. The van der Waals surface area contributed by atoms with Gasteiger partial charge < -0.3 is 10.2 Å².